The van der Waals surface area contributed by atoms with E-state index < -0.39 is 52.7 Å². The van der Waals surface area contributed by atoms with Crippen molar-refractivity contribution in [3.05, 3.63) is 53.1 Å². The fraction of sp³-hybridized carbons (Fsp3) is 0.533. The third-order valence-corrected chi connectivity index (χ3v) is 9.89. The van der Waals surface area contributed by atoms with Gasteiger partial charge in [0.15, 0.2) is 0 Å². The first-order chi connectivity index (χ1) is 20.9. The van der Waals surface area contributed by atoms with Crippen molar-refractivity contribution in [1.82, 2.24) is 15.6 Å². The molecule has 1 aromatic heterocycles. The lowest BCUT2D eigenvalue weighted by molar-refractivity contribution is -0.151. The number of nitrogens with one attached hydrogen (secondary N) is 2. The highest BCUT2D eigenvalue weighted by atomic mass is 32.2. The number of carboxylic acids is 2. The highest BCUT2D eigenvalue weighted by Gasteiger charge is 2.52. The van der Waals surface area contributed by atoms with Gasteiger partial charge in [-0.15, -0.1) is 11.8 Å². The molecule has 14 heteroatoms. The van der Waals surface area contributed by atoms with Crippen molar-refractivity contribution in [2.45, 2.75) is 81.3 Å². The molecule has 0 spiro atoms. The van der Waals surface area contributed by atoms with Gasteiger partial charge in [-0.2, -0.15) is 0 Å². The Balaban J connectivity index is 1.56. The number of nitrogens with two attached hydrogens (primary N) is 1. The van der Waals surface area contributed by atoms with Crippen LogP contribution in [0.1, 0.15) is 57.4 Å². The molecule has 7 N–H and O–H groups in total. The Hall–Kier alpha value is -3.75. The summed E-state index contributed by atoms with van der Waals surface area (Å²) in [5.74, 6) is -4.63. The van der Waals surface area contributed by atoms with Crippen LogP contribution in [-0.4, -0.2) is 78.8 Å². The van der Waals surface area contributed by atoms with E-state index in [1.807, 2.05) is 30.4 Å². The Morgan fingerprint density at radius 1 is 1.18 bits per heavy atom. The van der Waals surface area contributed by atoms with Gasteiger partial charge in [0.05, 0.1) is 4.75 Å². The molecule has 3 aliphatic rings. The number of pyridine rings is 1. The summed E-state index contributed by atoms with van der Waals surface area (Å²) in [6, 6.07) is 1.36. The number of ether oxygens (including phenoxy) is 1. The van der Waals surface area contributed by atoms with Crippen LogP contribution in [0, 0.1) is 11.8 Å². The normalized spacial score (nSPS) is 24.3. The Morgan fingerprint density at radius 2 is 1.91 bits per heavy atom. The summed E-state index contributed by atoms with van der Waals surface area (Å²) in [6.45, 7) is 2.00. The minimum atomic E-state index is -2.19. The van der Waals surface area contributed by atoms with Gasteiger partial charge in [-0.3, -0.25) is 24.2 Å². The first kappa shape index (κ1) is 33.1. The van der Waals surface area contributed by atoms with Gasteiger partial charge in [-0.1, -0.05) is 25.0 Å². The lowest BCUT2D eigenvalue weighted by Crippen LogP contribution is -2.53. The number of aliphatic carboxylic acids is 2. The van der Waals surface area contributed by atoms with Crippen LogP contribution in [0.25, 0.3) is 0 Å². The predicted molar refractivity (Wildman–Crippen MR) is 159 cm³/mol. The Kier molecular flexibility index (Phi) is 10.8. The summed E-state index contributed by atoms with van der Waals surface area (Å²) >= 11 is 1.35. The van der Waals surface area contributed by atoms with E-state index >= 15 is 0 Å². The number of aliphatic hydroxyl groups excluding tert-OH is 1. The largest absolute Gasteiger partial charge is 0.480 e. The van der Waals surface area contributed by atoms with Crippen LogP contribution in [-0.2, 0) is 35.1 Å². The molecular formula is C30H38N4O9S. The molecule has 0 bridgehead atoms. The maximum atomic E-state index is 13.2. The second kappa shape index (κ2) is 14.4. The van der Waals surface area contributed by atoms with Crippen molar-refractivity contribution < 1.29 is 44.0 Å². The molecule has 6 atom stereocenters. The highest BCUT2D eigenvalue weighted by molar-refractivity contribution is 8.00. The number of esters is 1. The number of carboxylic acid groups (broad SMARTS) is 2. The number of hydrogen-bond acceptors (Lipinski definition) is 10. The van der Waals surface area contributed by atoms with E-state index in [1.165, 1.54) is 17.3 Å². The third-order valence-electron chi connectivity index (χ3n) is 8.24. The molecule has 0 radical (unpaired) electrons. The molecule has 13 nitrogen and oxygen atoms in total. The molecule has 238 valence electrons. The van der Waals surface area contributed by atoms with Crippen molar-refractivity contribution in [1.29, 1.82) is 0 Å². The maximum Gasteiger partial charge on any atom is 0.353 e. The maximum absolute atomic E-state index is 13.2. The second-order valence-corrected chi connectivity index (χ2v) is 12.8. The van der Waals surface area contributed by atoms with Gasteiger partial charge in [0, 0.05) is 24.6 Å². The number of carbonyl (C=O) groups is 5. The lowest BCUT2D eigenvalue weighted by atomic mass is 9.69. The Morgan fingerprint density at radius 3 is 2.57 bits per heavy atom. The van der Waals surface area contributed by atoms with E-state index in [2.05, 4.69) is 10.3 Å². The summed E-state index contributed by atoms with van der Waals surface area (Å²) in [4.78, 5) is 65.1. The molecule has 0 saturated carbocycles. The predicted octanol–water partition coefficient (Wildman–Crippen LogP) is 1.26. The smallest absolute Gasteiger partial charge is 0.353 e. The number of aromatic nitrogens is 1. The molecule has 0 aromatic carbocycles. The van der Waals surface area contributed by atoms with Gasteiger partial charge in [0.2, 0.25) is 18.0 Å². The van der Waals surface area contributed by atoms with Crippen molar-refractivity contribution in [2.75, 3.05) is 5.75 Å². The fourth-order valence-electron chi connectivity index (χ4n) is 6.10. The number of allylic oxidation sites excluding steroid dienone is 1. The molecule has 2 heterocycles. The number of rotatable bonds is 15. The minimum Gasteiger partial charge on any atom is -0.480 e. The lowest BCUT2D eigenvalue weighted by Gasteiger charge is -2.42. The van der Waals surface area contributed by atoms with E-state index in [0.717, 1.165) is 36.8 Å². The molecule has 1 aromatic rings. The zero-order chi connectivity index (χ0) is 32.0. The minimum absolute atomic E-state index is 0.0261. The van der Waals surface area contributed by atoms with Gasteiger partial charge < -0.3 is 36.4 Å². The van der Waals surface area contributed by atoms with E-state index in [9.17, 15) is 29.1 Å². The fourth-order valence-corrected chi connectivity index (χ4v) is 7.72. The Labute approximate surface area is 258 Å². The number of nitrogens with zero attached hydrogens (tertiary/aromatic N) is 1. The van der Waals surface area contributed by atoms with Crippen molar-refractivity contribution in [3.63, 3.8) is 0 Å². The number of amides is 2. The van der Waals surface area contributed by atoms with E-state index in [-0.39, 0.29) is 30.5 Å². The quantitative estimate of drug-likeness (QED) is 0.0917. The molecule has 2 amide bonds. The topological polar surface area (TPSA) is 218 Å². The average molecular weight is 631 g/mol. The van der Waals surface area contributed by atoms with E-state index in [0.29, 0.717) is 18.6 Å². The molecule has 0 saturated heterocycles. The molecule has 1 aliphatic heterocycles. The third kappa shape index (κ3) is 7.66. The van der Waals surface area contributed by atoms with Gasteiger partial charge >= 0.3 is 17.9 Å². The van der Waals surface area contributed by atoms with Crippen LogP contribution in [0.2, 0.25) is 0 Å². The molecule has 2 aliphatic carbocycles. The zero-order valence-corrected chi connectivity index (χ0v) is 25.2. The zero-order valence-electron chi connectivity index (χ0n) is 24.4. The molecule has 0 fully saturated rings. The van der Waals surface area contributed by atoms with E-state index in [1.54, 1.807) is 12.4 Å². The second-order valence-electron chi connectivity index (χ2n) is 11.4. The number of thioether (sulfide) groups is 1. The van der Waals surface area contributed by atoms with Gasteiger partial charge in [0.1, 0.15) is 23.8 Å². The van der Waals surface area contributed by atoms with Gasteiger partial charge in [-0.05, 0) is 67.7 Å². The number of aliphatic hydroxyl groups is 1. The first-order valence-corrected chi connectivity index (χ1v) is 15.6. The highest BCUT2D eigenvalue weighted by Crippen LogP contribution is 2.56. The van der Waals surface area contributed by atoms with E-state index in [4.69, 9.17) is 20.7 Å². The summed E-state index contributed by atoms with van der Waals surface area (Å²) < 4.78 is 5.33. The summed E-state index contributed by atoms with van der Waals surface area (Å²) in [5, 5.41) is 32.3. The first-order valence-electron chi connectivity index (χ1n) is 14.6. The van der Waals surface area contributed by atoms with Crippen LogP contribution in [0.3, 0.4) is 0 Å². The summed E-state index contributed by atoms with van der Waals surface area (Å²) in [5.41, 5.74) is 8.74. The van der Waals surface area contributed by atoms with Crippen molar-refractivity contribution in [3.8, 4) is 0 Å². The van der Waals surface area contributed by atoms with Crippen LogP contribution in [0.4, 0.5) is 0 Å². The number of hydrogen-bond donors (Lipinski definition) is 6. The molecule has 0 unspecified atom stereocenters. The van der Waals surface area contributed by atoms with Crippen LogP contribution in [0.15, 0.2) is 47.5 Å². The van der Waals surface area contributed by atoms with Crippen LogP contribution in [0.5, 0.6) is 0 Å². The van der Waals surface area contributed by atoms with Gasteiger partial charge in [-0.25, -0.2) is 4.79 Å². The summed E-state index contributed by atoms with van der Waals surface area (Å²) in [6.07, 6.45) is 7.18. The van der Waals surface area contributed by atoms with Crippen LogP contribution >= 0.6 is 11.8 Å². The van der Waals surface area contributed by atoms with Crippen LogP contribution < -0.4 is 16.4 Å². The molecular weight excluding hydrogens is 592 g/mol. The molecule has 44 heavy (non-hydrogen) atoms. The SMILES string of the molecule is CCC[C@]1(SC[C@H](NC(=O)CC[C@H](N)C(=O)O)C(=O)N[C@@H](O)C(=O)O)CC[C@H]2CC(Cc3ccncc3)=C[C@H]3C(=O)OC1=C23. The average Bonchev–Trinajstić information content (AvgIpc) is 3.33. The van der Waals surface area contributed by atoms with Crippen molar-refractivity contribution >= 4 is 41.5 Å². The molecule has 4 rings (SSSR count). The Bertz CT molecular complexity index is 1350. The summed E-state index contributed by atoms with van der Waals surface area (Å²) in [7, 11) is 0. The van der Waals surface area contributed by atoms with Crippen molar-refractivity contribution in [2.24, 2.45) is 17.6 Å². The van der Waals surface area contributed by atoms with Gasteiger partial charge in [0.25, 0.3) is 0 Å². The standard InChI is InChI=1S/C30H38N4O9S/c1-2-8-30(44-15-21(25(36)34-26(37)28(40)41)33-22(35)4-3-20(31)27(38)39)9-5-18-13-17(12-16-6-10-32-11-7-16)14-19-23(18)24(30)43-29(19)42/h6-7,10-11,14,18-21,26,37H,2-5,8-9,12-13,15,31H2,1H3,(H,33,35)(H,34,36)(H,38,39)(H,40,41)/t18-,19+,20-,21-,26-,30-/m0/s1. The number of carbonyl (C=O) groups excluding carboxylic acids is 3. The monoisotopic (exact) mass is 630 g/mol.